The van der Waals surface area contributed by atoms with Gasteiger partial charge in [0, 0.05) is 5.69 Å². The monoisotopic (exact) mass is 451 g/mol. The Morgan fingerprint density at radius 3 is 2.35 bits per heavy atom. The molecular weight excluding hydrogens is 430 g/mol. The summed E-state index contributed by atoms with van der Waals surface area (Å²) < 4.78 is 28.4. The van der Waals surface area contributed by atoms with Crippen molar-refractivity contribution in [1.29, 1.82) is 0 Å². The number of aromatic nitrogens is 1. The normalized spacial score (nSPS) is 12.4. The van der Waals surface area contributed by atoms with E-state index < -0.39 is 10.0 Å². The third-order valence-corrected chi connectivity index (χ3v) is 7.28. The van der Waals surface area contributed by atoms with Gasteiger partial charge in [0.2, 0.25) is 5.91 Å². The van der Waals surface area contributed by atoms with Crippen LogP contribution in [-0.4, -0.2) is 19.3 Å². The average Bonchev–Trinajstić information content (AvgIpc) is 3.16. The summed E-state index contributed by atoms with van der Waals surface area (Å²) in [6, 6.07) is 23.2. The van der Waals surface area contributed by atoms with Crippen LogP contribution in [0.25, 0.3) is 10.2 Å². The quantitative estimate of drug-likeness (QED) is 0.403. The number of fused-ring (bicyclic) bond motifs is 1. The Labute approximate surface area is 185 Å². The summed E-state index contributed by atoms with van der Waals surface area (Å²) in [5.41, 5.74) is 2.27. The Balaban J connectivity index is 1.53. The van der Waals surface area contributed by atoms with Crippen LogP contribution in [0.5, 0.6) is 0 Å². The second kappa shape index (κ2) is 8.87. The number of rotatable bonds is 7. The smallest absolute Gasteiger partial charge is 0.263 e. The van der Waals surface area contributed by atoms with Crippen molar-refractivity contribution in [3.8, 4) is 0 Å². The standard InChI is InChI=1S/C23H21N3O3S2/c1-2-19(16-9-5-3-6-10-16)22(27)24-17-13-14-20-21(15-17)30-23(25-20)26-31(28,29)18-11-7-4-8-12-18/h3-15,19H,2H2,1H3,(H,24,27)(H,25,26)/t19-/m1/s1. The predicted octanol–water partition coefficient (Wildman–Crippen LogP) is 5.23. The van der Waals surface area contributed by atoms with E-state index in [1.54, 1.807) is 30.3 Å². The zero-order chi connectivity index (χ0) is 21.8. The Kier molecular flexibility index (Phi) is 6.01. The van der Waals surface area contributed by atoms with E-state index >= 15 is 0 Å². The van der Waals surface area contributed by atoms with Crippen LogP contribution in [0.3, 0.4) is 0 Å². The number of amides is 1. The maximum absolute atomic E-state index is 12.8. The van der Waals surface area contributed by atoms with Crippen LogP contribution in [0.1, 0.15) is 24.8 Å². The lowest BCUT2D eigenvalue weighted by molar-refractivity contribution is -0.117. The zero-order valence-electron chi connectivity index (χ0n) is 16.8. The topological polar surface area (TPSA) is 88.2 Å². The van der Waals surface area contributed by atoms with E-state index in [0.29, 0.717) is 17.6 Å². The summed E-state index contributed by atoms with van der Waals surface area (Å²) in [6.45, 7) is 1.98. The van der Waals surface area contributed by atoms with Crippen LogP contribution in [-0.2, 0) is 14.8 Å². The summed E-state index contributed by atoms with van der Waals surface area (Å²) in [5.74, 6) is -0.325. The van der Waals surface area contributed by atoms with Crippen LogP contribution < -0.4 is 10.0 Å². The second-order valence-corrected chi connectivity index (χ2v) is 9.69. The maximum Gasteiger partial charge on any atom is 0.263 e. The molecule has 0 aliphatic carbocycles. The van der Waals surface area contributed by atoms with Crippen molar-refractivity contribution < 1.29 is 13.2 Å². The minimum atomic E-state index is -3.71. The average molecular weight is 452 g/mol. The molecule has 0 spiro atoms. The number of thiazole rings is 1. The van der Waals surface area contributed by atoms with Gasteiger partial charge in [-0.15, -0.1) is 0 Å². The lowest BCUT2D eigenvalue weighted by atomic mass is 9.95. The first-order valence-corrected chi connectivity index (χ1v) is 12.1. The Hall–Kier alpha value is -3.23. The van der Waals surface area contributed by atoms with E-state index in [-0.39, 0.29) is 21.9 Å². The number of nitrogens with one attached hydrogen (secondary N) is 2. The molecule has 0 fully saturated rings. The summed E-state index contributed by atoms with van der Waals surface area (Å²) >= 11 is 1.22. The van der Waals surface area contributed by atoms with Crippen molar-refractivity contribution in [3.63, 3.8) is 0 Å². The predicted molar refractivity (Wildman–Crippen MR) is 125 cm³/mol. The molecule has 1 aromatic heterocycles. The third-order valence-electron chi connectivity index (χ3n) is 4.86. The third kappa shape index (κ3) is 4.76. The van der Waals surface area contributed by atoms with Crippen molar-refractivity contribution >= 4 is 48.3 Å². The molecule has 4 rings (SSSR count). The molecule has 6 nitrogen and oxygen atoms in total. The van der Waals surface area contributed by atoms with Crippen molar-refractivity contribution in [2.45, 2.75) is 24.2 Å². The van der Waals surface area contributed by atoms with Crippen molar-refractivity contribution in [2.24, 2.45) is 0 Å². The molecule has 0 radical (unpaired) electrons. The summed E-state index contributed by atoms with van der Waals surface area (Å²) in [4.78, 5) is 17.3. The molecule has 0 bridgehead atoms. The molecule has 0 unspecified atom stereocenters. The van der Waals surface area contributed by atoms with Gasteiger partial charge >= 0.3 is 0 Å². The van der Waals surface area contributed by atoms with E-state index in [0.717, 1.165) is 10.3 Å². The number of sulfonamides is 1. The molecule has 3 aromatic carbocycles. The Bertz CT molecular complexity index is 1300. The van der Waals surface area contributed by atoms with Gasteiger partial charge in [0.15, 0.2) is 5.13 Å². The fraction of sp³-hybridized carbons (Fsp3) is 0.130. The van der Waals surface area contributed by atoms with Gasteiger partial charge in [0.05, 0.1) is 21.0 Å². The number of benzene rings is 3. The molecule has 4 aromatic rings. The molecule has 2 N–H and O–H groups in total. The minimum Gasteiger partial charge on any atom is -0.326 e. The number of hydrogen-bond donors (Lipinski definition) is 2. The van der Waals surface area contributed by atoms with E-state index in [1.807, 2.05) is 43.3 Å². The van der Waals surface area contributed by atoms with E-state index in [1.165, 1.54) is 23.5 Å². The molecule has 1 atom stereocenters. The number of carbonyl (C=O) groups is 1. The molecule has 0 saturated carbocycles. The highest BCUT2D eigenvalue weighted by atomic mass is 32.2. The van der Waals surface area contributed by atoms with Gasteiger partial charge in [0.1, 0.15) is 0 Å². The first-order chi connectivity index (χ1) is 15.0. The largest absolute Gasteiger partial charge is 0.326 e. The molecule has 158 valence electrons. The van der Waals surface area contributed by atoms with Crippen LogP contribution in [0.2, 0.25) is 0 Å². The van der Waals surface area contributed by atoms with E-state index in [4.69, 9.17) is 0 Å². The molecule has 0 saturated heterocycles. The van der Waals surface area contributed by atoms with Crippen molar-refractivity contribution in [3.05, 3.63) is 84.4 Å². The van der Waals surface area contributed by atoms with Gasteiger partial charge in [-0.3, -0.25) is 9.52 Å². The van der Waals surface area contributed by atoms with Gasteiger partial charge < -0.3 is 5.32 Å². The molecule has 0 aliphatic heterocycles. The second-order valence-electron chi connectivity index (χ2n) is 6.98. The molecule has 31 heavy (non-hydrogen) atoms. The highest BCUT2D eigenvalue weighted by Crippen LogP contribution is 2.30. The van der Waals surface area contributed by atoms with Crippen LogP contribution in [0, 0.1) is 0 Å². The van der Waals surface area contributed by atoms with E-state index in [2.05, 4.69) is 15.0 Å². The number of anilines is 2. The van der Waals surface area contributed by atoms with E-state index in [9.17, 15) is 13.2 Å². The molecule has 1 heterocycles. The zero-order valence-corrected chi connectivity index (χ0v) is 18.4. The number of nitrogens with zero attached hydrogens (tertiary/aromatic N) is 1. The van der Waals surface area contributed by atoms with Crippen molar-refractivity contribution in [1.82, 2.24) is 4.98 Å². The number of hydrogen-bond acceptors (Lipinski definition) is 5. The maximum atomic E-state index is 12.8. The molecule has 1 amide bonds. The Morgan fingerprint density at radius 1 is 1.00 bits per heavy atom. The van der Waals surface area contributed by atoms with Gasteiger partial charge in [-0.05, 0) is 42.3 Å². The highest BCUT2D eigenvalue weighted by Gasteiger charge is 2.19. The minimum absolute atomic E-state index is 0.0810. The van der Waals surface area contributed by atoms with Gasteiger partial charge in [-0.2, -0.15) is 0 Å². The lowest BCUT2D eigenvalue weighted by Gasteiger charge is -2.15. The number of carbonyl (C=O) groups excluding carboxylic acids is 1. The molecule has 8 heteroatoms. The first kappa shape index (κ1) is 21.0. The summed E-state index contributed by atoms with van der Waals surface area (Å²) in [6.07, 6.45) is 0.685. The molecule has 0 aliphatic rings. The summed E-state index contributed by atoms with van der Waals surface area (Å²) in [7, 11) is -3.71. The van der Waals surface area contributed by atoms with Crippen LogP contribution in [0.4, 0.5) is 10.8 Å². The summed E-state index contributed by atoms with van der Waals surface area (Å²) in [5, 5.41) is 3.24. The Morgan fingerprint density at radius 2 is 1.68 bits per heavy atom. The fourth-order valence-corrected chi connectivity index (χ4v) is 5.47. The SMILES string of the molecule is CC[C@@H](C(=O)Nc1ccc2nc(NS(=O)(=O)c3ccccc3)sc2c1)c1ccccc1. The lowest BCUT2D eigenvalue weighted by Crippen LogP contribution is -2.20. The molecular formula is C23H21N3O3S2. The van der Waals surface area contributed by atoms with Crippen LogP contribution >= 0.6 is 11.3 Å². The van der Waals surface area contributed by atoms with Gasteiger partial charge in [-0.1, -0.05) is 66.8 Å². The van der Waals surface area contributed by atoms with Crippen molar-refractivity contribution in [2.75, 3.05) is 10.0 Å². The highest BCUT2D eigenvalue weighted by molar-refractivity contribution is 7.93. The van der Waals surface area contributed by atoms with Crippen LogP contribution in [0.15, 0.2) is 83.8 Å². The fourth-order valence-electron chi connectivity index (χ4n) is 3.31. The first-order valence-electron chi connectivity index (χ1n) is 9.80. The van der Waals surface area contributed by atoms with Gasteiger partial charge in [-0.25, -0.2) is 13.4 Å². The van der Waals surface area contributed by atoms with Gasteiger partial charge in [0.25, 0.3) is 10.0 Å².